The Morgan fingerprint density at radius 2 is 2.10 bits per heavy atom. The van der Waals surface area contributed by atoms with E-state index in [0.29, 0.717) is 17.3 Å². The van der Waals surface area contributed by atoms with Crippen molar-refractivity contribution in [1.29, 1.82) is 0 Å². The summed E-state index contributed by atoms with van der Waals surface area (Å²) in [6.07, 6.45) is 1.83. The maximum Gasteiger partial charge on any atom is 0.221 e. The second kappa shape index (κ2) is 6.39. The molecule has 0 aliphatic rings. The molecule has 0 aliphatic heterocycles. The quantitative estimate of drug-likeness (QED) is 0.904. The zero-order chi connectivity index (χ0) is 14.5. The van der Waals surface area contributed by atoms with Gasteiger partial charge in [0, 0.05) is 18.8 Å². The van der Waals surface area contributed by atoms with Crippen molar-refractivity contribution in [3.05, 3.63) is 52.8 Å². The fraction of sp³-hybridized carbons (Fsp3) is 0.200. The number of aryl methyl sites for hydroxylation is 1. The maximum absolute atomic E-state index is 11.1. The summed E-state index contributed by atoms with van der Waals surface area (Å²) in [5.41, 5.74) is 3.56. The van der Waals surface area contributed by atoms with E-state index in [1.54, 1.807) is 12.1 Å². The third kappa shape index (κ3) is 3.96. The van der Waals surface area contributed by atoms with Crippen LogP contribution >= 0.6 is 11.6 Å². The molecule has 2 N–H and O–H groups in total. The Kier molecular flexibility index (Phi) is 4.58. The van der Waals surface area contributed by atoms with E-state index in [1.807, 2.05) is 31.3 Å². The molecule has 104 valence electrons. The van der Waals surface area contributed by atoms with Crippen LogP contribution in [-0.4, -0.2) is 10.9 Å². The number of nitrogens with zero attached hydrogens (tertiary/aromatic N) is 1. The van der Waals surface area contributed by atoms with Crippen LogP contribution in [0.25, 0.3) is 0 Å². The summed E-state index contributed by atoms with van der Waals surface area (Å²) >= 11 is 6.02. The Balaban J connectivity index is 2.06. The topological polar surface area (TPSA) is 54.0 Å². The molecule has 1 aromatic heterocycles. The van der Waals surface area contributed by atoms with Crippen molar-refractivity contribution < 1.29 is 4.79 Å². The summed E-state index contributed by atoms with van der Waals surface area (Å²) in [7, 11) is 0. The molecule has 4 nitrogen and oxygen atoms in total. The number of halogens is 1. The van der Waals surface area contributed by atoms with Crippen LogP contribution in [0.5, 0.6) is 0 Å². The van der Waals surface area contributed by atoms with E-state index in [4.69, 9.17) is 11.6 Å². The Bertz CT molecular complexity index is 611. The molecule has 0 unspecified atom stereocenters. The average molecular weight is 290 g/mol. The number of benzene rings is 1. The van der Waals surface area contributed by atoms with Crippen LogP contribution in [-0.2, 0) is 11.3 Å². The molecule has 5 heteroatoms. The highest BCUT2D eigenvalue weighted by Gasteiger charge is 2.04. The molecule has 2 aromatic rings. The summed E-state index contributed by atoms with van der Waals surface area (Å²) < 4.78 is 0. The number of hydrogen-bond donors (Lipinski definition) is 2. The Hall–Kier alpha value is -2.07. The lowest BCUT2D eigenvalue weighted by Gasteiger charge is -2.10. The second-order valence-electron chi connectivity index (χ2n) is 4.56. The SMILES string of the molecule is CC(=O)Nc1cc(NCc2ccc(C)cn2)ccc1Cl. The van der Waals surface area contributed by atoms with Gasteiger partial charge in [-0.25, -0.2) is 0 Å². The van der Waals surface area contributed by atoms with Gasteiger partial charge >= 0.3 is 0 Å². The van der Waals surface area contributed by atoms with Crippen molar-refractivity contribution in [2.45, 2.75) is 20.4 Å². The zero-order valence-electron chi connectivity index (χ0n) is 11.4. The molecule has 0 radical (unpaired) electrons. The summed E-state index contributed by atoms with van der Waals surface area (Å²) in [6.45, 7) is 4.07. The summed E-state index contributed by atoms with van der Waals surface area (Å²) in [5, 5.41) is 6.45. The predicted octanol–water partition coefficient (Wildman–Crippen LogP) is 3.61. The highest BCUT2D eigenvalue weighted by molar-refractivity contribution is 6.33. The predicted molar refractivity (Wildman–Crippen MR) is 82.1 cm³/mol. The number of anilines is 2. The van der Waals surface area contributed by atoms with Crippen LogP contribution in [0.2, 0.25) is 5.02 Å². The number of carbonyl (C=O) groups is 1. The lowest BCUT2D eigenvalue weighted by molar-refractivity contribution is -0.114. The molecule has 0 fully saturated rings. The summed E-state index contributed by atoms with van der Waals surface area (Å²) in [5.74, 6) is -0.149. The van der Waals surface area contributed by atoms with Gasteiger partial charge in [-0.1, -0.05) is 17.7 Å². The molecule has 20 heavy (non-hydrogen) atoms. The van der Waals surface area contributed by atoms with Gasteiger partial charge in [0.05, 0.1) is 22.9 Å². The van der Waals surface area contributed by atoms with Crippen LogP contribution in [0.3, 0.4) is 0 Å². The Morgan fingerprint density at radius 3 is 2.75 bits per heavy atom. The minimum absolute atomic E-state index is 0.149. The maximum atomic E-state index is 11.1. The van der Waals surface area contributed by atoms with E-state index in [9.17, 15) is 4.79 Å². The van der Waals surface area contributed by atoms with Gasteiger partial charge in [-0.15, -0.1) is 0 Å². The first-order valence-corrected chi connectivity index (χ1v) is 6.65. The summed E-state index contributed by atoms with van der Waals surface area (Å²) in [6, 6.07) is 9.42. The van der Waals surface area contributed by atoms with Crippen molar-refractivity contribution in [3.8, 4) is 0 Å². The van der Waals surface area contributed by atoms with Crippen molar-refractivity contribution in [2.24, 2.45) is 0 Å². The number of pyridine rings is 1. The molecule has 0 spiro atoms. The molecule has 0 atom stereocenters. The molecule has 0 bridgehead atoms. The third-order valence-corrected chi connectivity index (χ3v) is 3.05. The average Bonchev–Trinajstić information content (AvgIpc) is 2.41. The largest absolute Gasteiger partial charge is 0.379 e. The Morgan fingerprint density at radius 1 is 1.30 bits per heavy atom. The minimum Gasteiger partial charge on any atom is -0.379 e. The number of hydrogen-bond acceptors (Lipinski definition) is 3. The van der Waals surface area contributed by atoms with E-state index in [-0.39, 0.29) is 5.91 Å². The first-order chi connectivity index (χ1) is 9.54. The van der Waals surface area contributed by atoms with Crippen LogP contribution in [0.4, 0.5) is 11.4 Å². The lowest BCUT2D eigenvalue weighted by atomic mass is 10.2. The fourth-order valence-corrected chi connectivity index (χ4v) is 1.88. The molecule has 1 aromatic carbocycles. The summed E-state index contributed by atoms with van der Waals surface area (Å²) in [4.78, 5) is 15.4. The number of amides is 1. The first-order valence-electron chi connectivity index (χ1n) is 6.27. The minimum atomic E-state index is -0.149. The van der Waals surface area contributed by atoms with Crippen LogP contribution in [0, 0.1) is 6.92 Å². The van der Waals surface area contributed by atoms with Gasteiger partial charge in [-0.2, -0.15) is 0 Å². The second-order valence-corrected chi connectivity index (χ2v) is 4.96. The molecule has 0 saturated heterocycles. The highest BCUT2D eigenvalue weighted by atomic mass is 35.5. The van der Waals surface area contributed by atoms with Gasteiger partial charge in [-0.05, 0) is 36.8 Å². The van der Waals surface area contributed by atoms with E-state index in [1.165, 1.54) is 6.92 Å². The smallest absolute Gasteiger partial charge is 0.221 e. The molecule has 0 saturated carbocycles. The van der Waals surface area contributed by atoms with E-state index < -0.39 is 0 Å². The monoisotopic (exact) mass is 289 g/mol. The molecule has 0 aliphatic carbocycles. The standard InChI is InChI=1S/C15H16ClN3O/c1-10-3-4-13(17-8-10)9-18-12-5-6-14(16)15(7-12)19-11(2)20/h3-8,18H,9H2,1-2H3,(H,19,20). The molecular formula is C15H16ClN3O. The van der Waals surface area contributed by atoms with Gasteiger partial charge in [0.15, 0.2) is 0 Å². The van der Waals surface area contributed by atoms with E-state index >= 15 is 0 Å². The van der Waals surface area contributed by atoms with Gasteiger partial charge < -0.3 is 10.6 Å². The Labute approximate surface area is 123 Å². The van der Waals surface area contributed by atoms with Crippen molar-refractivity contribution in [2.75, 3.05) is 10.6 Å². The highest BCUT2D eigenvalue weighted by Crippen LogP contribution is 2.25. The van der Waals surface area contributed by atoms with Gasteiger partial charge in [-0.3, -0.25) is 9.78 Å². The molecule has 1 heterocycles. The van der Waals surface area contributed by atoms with Crippen molar-refractivity contribution in [3.63, 3.8) is 0 Å². The third-order valence-electron chi connectivity index (χ3n) is 2.72. The first kappa shape index (κ1) is 14.3. The van der Waals surface area contributed by atoms with Crippen molar-refractivity contribution in [1.82, 2.24) is 4.98 Å². The van der Waals surface area contributed by atoms with E-state index in [2.05, 4.69) is 15.6 Å². The number of nitrogens with one attached hydrogen (secondary N) is 2. The number of aromatic nitrogens is 1. The van der Waals surface area contributed by atoms with E-state index in [0.717, 1.165) is 16.9 Å². The van der Waals surface area contributed by atoms with Gasteiger partial charge in [0.25, 0.3) is 0 Å². The number of rotatable bonds is 4. The van der Waals surface area contributed by atoms with Gasteiger partial charge in [0.2, 0.25) is 5.91 Å². The van der Waals surface area contributed by atoms with Crippen LogP contribution in [0.1, 0.15) is 18.2 Å². The zero-order valence-corrected chi connectivity index (χ0v) is 12.2. The lowest BCUT2D eigenvalue weighted by Crippen LogP contribution is -2.07. The molecule has 2 rings (SSSR count). The van der Waals surface area contributed by atoms with Crippen molar-refractivity contribution >= 4 is 28.9 Å². The van der Waals surface area contributed by atoms with Gasteiger partial charge in [0.1, 0.15) is 0 Å². The fourth-order valence-electron chi connectivity index (χ4n) is 1.72. The van der Waals surface area contributed by atoms with Crippen LogP contribution < -0.4 is 10.6 Å². The normalized spacial score (nSPS) is 10.2. The van der Waals surface area contributed by atoms with Crippen LogP contribution in [0.15, 0.2) is 36.5 Å². The molecule has 1 amide bonds. The number of carbonyl (C=O) groups excluding carboxylic acids is 1. The molecular weight excluding hydrogens is 274 g/mol.